The highest BCUT2D eigenvalue weighted by Crippen LogP contribution is 2.41. The molecule has 0 radical (unpaired) electrons. The molecule has 0 amide bonds. The number of hydrogen-bond donors (Lipinski definition) is 0. The van der Waals surface area contributed by atoms with E-state index in [2.05, 4.69) is 49.6 Å². The molecule has 2 aromatic carbocycles. The molecule has 176 valence electrons. The number of unbranched alkanes of at least 4 members (excludes halogenated alkanes) is 1. The van der Waals surface area contributed by atoms with Gasteiger partial charge in [0.1, 0.15) is 6.54 Å². The first-order valence-corrected chi connectivity index (χ1v) is 12.6. The normalized spacial score (nSPS) is 17.1. The lowest BCUT2D eigenvalue weighted by Crippen LogP contribution is -2.49. The lowest BCUT2D eigenvalue weighted by atomic mass is 9.71. The van der Waals surface area contributed by atoms with Gasteiger partial charge in [0.2, 0.25) is 0 Å². The lowest BCUT2D eigenvalue weighted by molar-refractivity contribution is -0.904. The van der Waals surface area contributed by atoms with E-state index in [1.807, 2.05) is 36.4 Å². The van der Waals surface area contributed by atoms with Crippen LogP contribution in [0.15, 0.2) is 71.3 Å². The SMILES string of the molecule is C[N+](C)(CCCCc1ccccc1)Cc1cc(C([O-])(c2ccccc2)C2CCCCC2)no1. The molecule has 1 fully saturated rings. The van der Waals surface area contributed by atoms with Crippen LogP contribution in [0.2, 0.25) is 0 Å². The van der Waals surface area contributed by atoms with Gasteiger partial charge in [-0.3, -0.25) is 0 Å². The highest BCUT2D eigenvalue weighted by molar-refractivity contribution is 5.33. The average Bonchev–Trinajstić information content (AvgIpc) is 3.31. The van der Waals surface area contributed by atoms with Crippen molar-refractivity contribution in [3.05, 3.63) is 89.3 Å². The second-order valence-electron chi connectivity index (χ2n) is 10.4. The topological polar surface area (TPSA) is 49.1 Å². The Hall–Kier alpha value is -2.43. The number of aryl methyl sites for hydroxylation is 1. The summed E-state index contributed by atoms with van der Waals surface area (Å²) in [6.45, 7) is 1.81. The molecule has 0 aliphatic heterocycles. The van der Waals surface area contributed by atoms with Crippen molar-refractivity contribution in [1.29, 1.82) is 0 Å². The van der Waals surface area contributed by atoms with Gasteiger partial charge in [0.05, 0.1) is 26.3 Å². The Bertz CT molecular complexity index is 977. The van der Waals surface area contributed by atoms with Crippen molar-refractivity contribution in [2.45, 2.75) is 63.5 Å². The van der Waals surface area contributed by atoms with Gasteiger partial charge < -0.3 is 14.1 Å². The largest absolute Gasteiger partial charge is 0.841 e. The molecule has 33 heavy (non-hydrogen) atoms. The molecule has 4 heteroatoms. The smallest absolute Gasteiger partial charge is 0.191 e. The molecule has 1 saturated carbocycles. The number of rotatable bonds is 10. The zero-order chi connectivity index (χ0) is 23.2. The summed E-state index contributed by atoms with van der Waals surface area (Å²) in [5, 5.41) is 18.8. The Labute approximate surface area is 198 Å². The van der Waals surface area contributed by atoms with E-state index in [0.29, 0.717) is 5.69 Å². The molecule has 0 N–H and O–H groups in total. The molecule has 1 aliphatic rings. The van der Waals surface area contributed by atoms with Crippen molar-refractivity contribution in [2.24, 2.45) is 5.92 Å². The molecule has 1 aliphatic carbocycles. The van der Waals surface area contributed by atoms with E-state index in [9.17, 15) is 5.11 Å². The quantitative estimate of drug-likeness (QED) is 0.307. The first kappa shape index (κ1) is 23.7. The van der Waals surface area contributed by atoms with Crippen LogP contribution in [-0.2, 0) is 18.6 Å². The second-order valence-corrected chi connectivity index (χ2v) is 10.4. The van der Waals surface area contributed by atoms with Gasteiger partial charge in [0, 0.05) is 6.07 Å². The fourth-order valence-corrected chi connectivity index (χ4v) is 5.36. The summed E-state index contributed by atoms with van der Waals surface area (Å²) < 4.78 is 6.59. The average molecular weight is 447 g/mol. The third-order valence-electron chi connectivity index (χ3n) is 7.23. The van der Waals surface area contributed by atoms with Gasteiger partial charge in [-0.1, -0.05) is 103 Å². The molecule has 1 atom stereocenters. The van der Waals surface area contributed by atoms with Crippen molar-refractivity contribution in [3.8, 4) is 0 Å². The molecule has 1 aromatic heterocycles. The van der Waals surface area contributed by atoms with Crippen LogP contribution in [-0.4, -0.2) is 30.3 Å². The van der Waals surface area contributed by atoms with E-state index in [0.717, 1.165) is 67.4 Å². The van der Waals surface area contributed by atoms with E-state index < -0.39 is 5.60 Å². The van der Waals surface area contributed by atoms with Crippen LogP contribution in [0.25, 0.3) is 0 Å². The molecule has 3 aromatic rings. The van der Waals surface area contributed by atoms with E-state index in [1.165, 1.54) is 18.4 Å². The highest BCUT2D eigenvalue weighted by Gasteiger charge is 2.35. The Balaban J connectivity index is 1.42. The minimum Gasteiger partial charge on any atom is -0.841 e. The summed E-state index contributed by atoms with van der Waals surface area (Å²) in [4.78, 5) is 0. The molecule has 1 unspecified atom stereocenters. The van der Waals surface area contributed by atoms with Gasteiger partial charge in [0.15, 0.2) is 5.76 Å². The van der Waals surface area contributed by atoms with E-state index in [-0.39, 0.29) is 5.92 Å². The number of benzene rings is 2. The predicted molar refractivity (Wildman–Crippen MR) is 130 cm³/mol. The van der Waals surface area contributed by atoms with Gasteiger partial charge in [-0.2, -0.15) is 0 Å². The van der Waals surface area contributed by atoms with Gasteiger partial charge in [-0.15, -0.1) is 0 Å². The molecule has 4 nitrogen and oxygen atoms in total. The van der Waals surface area contributed by atoms with Crippen LogP contribution >= 0.6 is 0 Å². The summed E-state index contributed by atoms with van der Waals surface area (Å²) in [5.41, 5.74) is 1.43. The van der Waals surface area contributed by atoms with Crippen molar-refractivity contribution in [2.75, 3.05) is 20.6 Å². The van der Waals surface area contributed by atoms with Gasteiger partial charge in [0.25, 0.3) is 0 Å². The monoisotopic (exact) mass is 446 g/mol. The van der Waals surface area contributed by atoms with Crippen molar-refractivity contribution < 1.29 is 14.1 Å². The van der Waals surface area contributed by atoms with Crippen LogP contribution < -0.4 is 5.11 Å². The fourth-order valence-electron chi connectivity index (χ4n) is 5.36. The number of nitrogens with zero attached hydrogens (tertiary/aromatic N) is 2. The molecule has 4 rings (SSSR count). The lowest BCUT2D eigenvalue weighted by Gasteiger charge is -2.48. The van der Waals surface area contributed by atoms with E-state index in [1.54, 1.807) is 0 Å². The minimum absolute atomic E-state index is 0.0621. The molecule has 0 bridgehead atoms. The van der Waals surface area contributed by atoms with Crippen LogP contribution in [0.3, 0.4) is 0 Å². The Morgan fingerprint density at radius 3 is 2.30 bits per heavy atom. The highest BCUT2D eigenvalue weighted by atomic mass is 16.5. The van der Waals surface area contributed by atoms with E-state index in [4.69, 9.17) is 4.52 Å². The van der Waals surface area contributed by atoms with Crippen molar-refractivity contribution in [1.82, 2.24) is 5.16 Å². The predicted octanol–water partition coefficient (Wildman–Crippen LogP) is 5.46. The molecular formula is C29H38N2O2. The van der Waals surface area contributed by atoms with Crippen LogP contribution in [0.4, 0.5) is 0 Å². The molecule has 0 saturated heterocycles. The molecular weight excluding hydrogens is 408 g/mol. The van der Waals surface area contributed by atoms with Crippen molar-refractivity contribution in [3.63, 3.8) is 0 Å². The molecule has 1 heterocycles. The maximum atomic E-state index is 14.5. The first-order valence-electron chi connectivity index (χ1n) is 12.6. The maximum absolute atomic E-state index is 14.5. The fraction of sp³-hybridized carbons (Fsp3) is 0.483. The maximum Gasteiger partial charge on any atom is 0.191 e. The number of hydrogen-bond acceptors (Lipinski definition) is 3. The summed E-state index contributed by atoms with van der Waals surface area (Å²) >= 11 is 0. The Morgan fingerprint density at radius 2 is 1.61 bits per heavy atom. The third kappa shape index (κ3) is 5.93. The van der Waals surface area contributed by atoms with Crippen molar-refractivity contribution >= 4 is 0 Å². The van der Waals surface area contributed by atoms with E-state index >= 15 is 0 Å². The van der Waals surface area contributed by atoms with Gasteiger partial charge in [-0.25, -0.2) is 0 Å². The second kappa shape index (κ2) is 10.7. The summed E-state index contributed by atoms with van der Waals surface area (Å²) in [6, 6.07) is 22.4. The zero-order valence-corrected chi connectivity index (χ0v) is 20.2. The number of aromatic nitrogens is 1. The molecule has 0 spiro atoms. The Kier molecular flexibility index (Phi) is 7.67. The first-order chi connectivity index (χ1) is 16.0. The minimum atomic E-state index is -1.34. The van der Waals surface area contributed by atoms with Gasteiger partial charge in [-0.05, 0) is 36.3 Å². The summed E-state index contributed by atoms with van der Waals surface area (Å²) in [6.07, 6.45) is 8.84. The third-order valence-corrected chi connectivity index (χ3v) is 7.23. The summed E-state index contributed by atoms with van der Waals surface area (Å²) in [7, 11) is 4.46. The van der Waals surface area contributed by atoms with Crippen LogP contribution in [0.1, 0.15) is 67.5 Å². The van der Waals surface area contributed by atoms with Crippen LogP contribution in [0.5, 0.6) is 0 Å². The number of quaternary nitrogens is 1. The van der Waals surface area contributed by atoms with Gasteiger partial charge >= 0.3 is 0 Å². The zero-order valence-electron chi connectivity index (χ0n) is 20.2. The Morgan fingerprint density at radius 1 is 0.939 bits per heavy atom. The summed E-state index contributed by atoms with van der Waals surface area (Å²) in [5.74, 6) is 0.872. The standard InChI is InChI=1S/C29H38N2O2/c1-31(2,21-13-12-16-24-14-6-3-7-15-24)23-27-22-28(30-33-27)29(32,25-17-8-4-9-18-25)26-19-10-5-11-20-26/h3-4,6-9,14-15,17-18,22,26H,5,10-13,16,19-21,23H2,1-2H3. The van der Waals surface area contributed by atoms with Crippen LogP contribution in [0, 0.1) is 5.92 Å².